The standard InChI is InChI=1S/C20H28N4O4/c1-7-24-19(27)15(21-12(4)11(2)3)16(20(24)28)22-14-10-8-9-13(17(14)25)18(26)23(5)6/h8-11,22,25,27-28H,7H2,1-6H3. The van der Waals surface area contributed by atoms with Gasteiger partial charge in [0.2, 0.25) is 11.8 Å². The van der Waals surface area contributed by atoms with E-state index in [-0.39, 0.29) is 52.0 Å². The second kappa shape index (κ2) is 8.24. The summed E-state index contributed by atoms with van der Waals surface area (Å²) in [5, 5.41) is 34.6. The van der Waals surface area contributed by atoms with Crippen molar-refractivity contribution in [1.29, 1.82) is 0 Å². The number of aliphatic imine (C=N–C) groups is 1. The lowest BCUT2D eigenvalue weighted by Crippen LogP contribution is -2.21. The van der Waals surface area contributed by atoms with Crippen LogP contribution in [0.5, 0.6) is 17.5 Å². The fraction of sp³-hybridized carbons (Fsp3) is 0.400. The maximum absolute atomic E-state index is 12.3. The molecule has 1 heterocycles. The van der Waals surface area contributed by atoms with Crippen LogP contribution >= 0.6 is 0 Å². The summed E-state index contributed by atoms with van der Waals surface area (Å²) in [5.74, 6) is -0.844. The Hall–Kier alpha value is -3.16. The highest BCUT2D eigenvalue weighted by atomic mass is 16.3. The number of para-hydroxylation sites is 1. The first-order valence-electron chi connectivity index (χ1n) is 9.10. The number of carbonyl (C=O) groups is 1. The molecule has 0 unspecified atom stereocenters. The van der Waals surface area contributed by atoms with Gasteiger partial charge in [0.05, 0.1) is 11.3 Å². The van der Waals surface area contributed by atoms with E-state index in [4.69, 9.17) is 0 Å². The highest BCUT2D eigenvalue weighted by molar-refractivity contribution is 5.99. The number of nitrogens with one attached hydrogen (secondary N) is 1. The second-order valence-electron chi connectivity index (χ2n) is 7.05. The first kappa shape index (κ1) is 21.1. The minimum atomic E-state index is -0.353. The summed E-state index contributed by atoms with van der Waals surface area (Å²) in [6.07, 6.45) is 0. The third kappa shape index (κ3) is 3.90. The van der Waals surface area contributed by atoms with Crippen molar-refractivity contribution < 1.29 is 20.1 Å². The van der Waals surface area contributed by atoms with Crippen LogP contribution in [0.1, 0.15) is 38.1 Å². The number of rotatable bonds is 6. The largest absolute Gasteiger partial charge is 0.505 e. The SMILES string of the molecule is CCn1c(O)c(N=C(C)C(C)C)c(Nc2cccc(C(=O)N(C)C)c2O)c1O. The van der Waals surface area contributed by atoms with Crippen LogP contribution < -0.4 is 5.32 Å². The van der Waals surface area contributed by atoms with Crippen LogP contribution in [-0.2, 0) is 6.54 Å². The molecule has 0 spiro atoms. The zero-order chi connectivity index (χ0) is 21.2. The lowest BCUT2D eigenvalue weighted by molar-refractivity contribution is 0.0824. The van der Waals surface area contributed by atoms with Crippen molar-refractivity contribution >= 4 is 28.7 Å². The van der Waals surface area contributed by atoms with E-state index in [0.29, 0.717) is 6.54 Å². The molecule has 8 heteroatoms. The van der Waals surface area contributed by atoms with Gasteiger partial charge in [-0.05, 0) is 31.9 Å². The Balaban J connectivity index is 2.60. The molecule has 0 aliphatic rings. The molecule has 1 aromatic carbocycles. The van der Waals surface area contributed by atoms with Crippen LogP contribution in [0, 0.1) is 5.92 Å². The molecule has 0 fully saturated rings. The summed E-state index contributed by atoms with van der Waals surface area (Å²) in [5.41, 5.74) is 1.44. The predicted molar refractivity (Wildman–Crippen MR) is 110 cm³/mol. The monoisotopic (exact) mass is 388 g/mol. The smallest absolute Gasteiger partial charge is 0.257 e. The van der Waals surface area contributed by atoms with E-state index >= 15 is 0 Å². The van der Waals surface area contributed by atoms with Crippen molar-refractivity contribution in [2.45, 2.75) is 34.2 Å². The van der Waals surface area contributed by atoms with Crippen LogP contribution in [0.3, 0.4) is 0 Å². The Kier molecular flexibility index (Phi) is 6.23. The molecule has 0 saturated heterocycles. The minimum absolute atomic E-state index is 0.122. The van der Waals surface area contributed by atoms with Crippen LogP contribution in [0.25, 0.3) is 0 Å². The number of benzene rings is 1. The number of phenols is 1. The number of nitrogens with zero attached hydrogens (tertiary/aromatic N) is 3. The zero-order valence-electron chi connectivity index (χ0n) is 17.1. The Labute approximate surface area is 164 Å². The number of amides is 1. The van der Waals surface area contributed by atoms with Crippen molar-refractivity contribution in [3.8, 4) is 17.5 Å². The van der Waals surface area contributed by atoms with Crippen LogP contribution in [-0.4, -0.2) is 50.5 Å². The second-order valence-corrected chi connectivity index (χ2v) is 7.05. The minimum Gasteiger partial charge on any atom is -0.505 e. The number of aromatic nitrogens is 1. The van der Waals surface area contributed by atoms with E-state index in [1.165, 1.54) is 15.5 Å². The van der Waals surface area contributed by atoms with Gasteiger partial charge in [0.25, 0.3) is 5.91 Å². The third-order valence-corrected chi connectivity index (χ3v) is 4.56. The molecule has 8 nitrogen and oxygen atoms in total. The normalized spacial score (nSPS) is 11.8. The number of carbonyl (C=O) groups excluding carboxylic acids is 1. The molecule has 1 amide bonds. The van der Waals surface area contributed by atoms with E-state index in [9.17, 15) is 20.1 Å². The first-order valence-corrected chi connectivity index (χ1v) is 9.10. The molecule has 152 valence electrons. The molecule has 0 saturated carbocycles. The van der Waals surface area contributed by atoms with Crippen LogP contribution in [0.15, 0.2) is 23.2 Å². The Morgan fingerprint density at radius 1 is 1.21 bits per heavy atom. The number of phenolic OH excluding ortho intramolecular Hbond substituents is 1. The van der Waals surface area contributed by atoms with Crippen LogP contribution in [0.4, 0.5) is 17.1 Å². The van der Waals surface area contributed by atoms with Gasteiger partial charge in [-0.3, -0.25) is 9.36 Å². The maximum Gasteiger partial charge on any atom is 0.257 e. The fourth-order valence-electron chi connectivity index (χ4n) is 2.60. The molecule has 0 bridgehead atoms. The van der Waals surface area contributed by atoms with Crippen molar-refractivity contribution in [1.82, 2.24) is 9.47 Å². The lowest BCUT2D eigenvalue weighted by atomic mass is 10.1. The van der Waals surface area contributed by atoms with Gasteiger partial charge < -0.3 is 25.5 Å². The molecule has 0 radical (unpaired) electrons. The van der Waals surface area contributed by atoms with Crippen molar-refractivity contribution in [3.05, 3.63) is 23.8 Å². The van der Waals surface area contributed by atoms with Crippen molar-refractivity contribution in [2.75, 3.05) is 19.4 Å². The van der Waals surface area contributed by atoms with Gasteiger partial charge in [-0.25, -0.2) is 4.99 Å². The van der Waals surface area contributed by atoms with Gasteiger partial charge in [-0.1, -0.05) is 19.9 Å². The Morgan fingerprint density at radius 2 is 1.86 bits per heavy atom. The topological polar surface area (TPSA) is 110 Å². The molecule has 0 aliphatic carbocycles. The molecule has 1 aromatic heterocycles. The zero-order valence-corrected chi connectivity index (χ0v) is 17.1. The van der Waals surface area contributed by atoms with Gasteiger partial charge >= 0.3 is 0 Å². The molecule has 2 rings (SSSR count). The Bertz CT molecular complexity index is 913. The van der Waals surface area contributed by atoms with Gasteiger partial charge in [-0.15, -0.1) is 0 Å². The van der Waals surface area contributed by atoms with Crippen LogP contribution in [0.2, 0.25) is 0 Å². The number of hydrogen-bond acceptors (Lipinski definition) is 6. The molecule has 4 N–H and O–H groups in total. The number of anilines is 2. The lowest BCUT2D eigenvalue weighted by Gasteiger charge is -2.15. The summed E-state index contributed by atoms with van der Waals surface area (Å²) >= 11 is 0. The van der Waals surface area contributed by atoms with Gasteiger partial charge in [0.1, 0.15) is 5.69 Å². The average molecular weight is 388 g/mol. The number of aromatic hydroxyl groups is 3. The molecule has 28 heavy (non-hydrogen) atoms. The van der Waals surface area contributed by atoms with Crippen molar-refractivity contribution in [3.63, 3.8) is 0 Å². The van der Waals surface area contributed by atoms with E-state index in [2.05, 4.69) is 10.3 Å². The summed E-state index contributed by atoms with van der Waals surface area (Å²) in [4.78, 5) is 18.1. The first-order chi connectivity index (χ1) is 13.1. The van der Waals surface area contributed by atoms with Gasteiger partial charge in [-0.2, -0.15) is 0 Å². The molecular formula is C20H28N4O4. The summed E-state index contributed by atoms with van der Waals surface area (Å²) in [6.45, 7) is 7.89. The molecular weight excluding hydrogens is 360 g/mol. The molecule has 2 aromatic rings. The highest BCUT2D eigenvalue weighted by Gasteiger charge is 2.24. The third-order valence-electron chi connectivity index (χ3n) is 4.56. The van der Waals surface area contributed by atoms with E-state index in [1.54, 1.807) is 33.2 Å². The Morgan fingerprint density at radius 3 is 2.39 bits per heavy atom. The molecule has 0 atom stereocenters. The van der Waals surface area contributed by atoms with E-state index < -0.39 is 0 Å². The van der Waals surface area contributed by atoms with Crippen molar-refractivity contribution in [2.24, 2.45) is 10.9 Å². The number of hydrogen-bond donors (Lipinski definition) is 4. The fourth-order valence-corrected chi connectivity index (χ4v) is 2.60. The van der Waals surface area contributed by atoms with Gasteiger partial charge in [0, 0.05) is 26.4 Å². The van der Waals surface area contributed by atoms with E-state index in [0.717, 1.165) is 5.71 Å². The molecule has 0 aliphatic heterocycles. The maximum atomic E-state index is 12.3. The average Bonchev–Trinajstić information content (AvgIpc) is 2.85. The summed E-state index contributed by atoms with van der Waals surface area (Å²) in [7, 11) is 3.18. The van der Waals surface area contributed by atoms with Gasteiger partial charge in [0.15, 0.2) is 11.4 Å². The predicted octanol–water partition coefficient (Wildman–Crippen LogP) is 3.82. The highest BCUT2D eigenvalue weighted by Crippen LogP contribution is 2.47. The quantitative estimate of drug-likeness (QED) is 0.444. The van der Waals surface area contributed by atoms with E-state index in [1.807, 2.05) is 20.8 Å². The summed E-state index contributed by atoms with van der Waals surface area (Å²) < 4.78 is 1.31. The summed E-state index contributed by atoms with van der Waals surface area (Å²) in [6, 6.07) is 4.71.